The Labute approximate surface area is 122 Å². The fourth-order valence-electron chi connectivity index (χ4n) is 2.30. The normalized spacial score (nSPS) is 18.7. The van der Waals surface area contributed by atoms with Gasteiger partial charge < -0.3 is 10.0 Å². The van der Waals surface area contributed by atoms with E-state index in [1.54, 1.807) is 0 Å². The monoisotopic (exact) mass is 320 g/mol. The van der Waals surface area contributed by atoms with E-state index in [2.05, 4.69) is 0 Å². The van der Waals surface area contributed by atoms with Crippen molar-refractivity contribution in [2.45, 2.75) is 17.9 Å². The van der Waals surface area contributed by atoms with Crippen LogP contribution in [0.15, 0.2) is 17.0 Å². The molecule has 8 heteroatoms. The summed E-state index contributed by atoms with van der Waals surface area (Å²) < 4.78 is 53.5. The molecular formula is C13H18F2N2O3S. The molecule has 1 heterocycles. The summed E-state index contributed by atoms with van der Waals surface area (Å²) in [7, 11) is -2.24. The molecule has 0 amide bonds. The Morgan fingerprint density at radius 3 is 2.57 bits per heavy atom. The summed E-state index contributed by atoms with van der Waals surface area (Å²) in [6.07, 6.45) is 0.625. The Balaban J connectivity index is 2.41. The largest absolute Gasteiger partial charge is 0.392 e. The molecule has 0 bridgehead atoms. The first-order valence-electron chi connectivity index (χ1n) is 6.63. The first-order valence-corrected chi connectivity index (χ1v) is 8.07. The molecule has 1 saturated heterocycles. The van der Waals surface area contributed by atoms with Gasteiger partial charge in [-0.05, 0) is 37.7 Å². The van der Waals surface area contributed by atoms with Gasteiger partial charge in [0.2, 0.25) is 10.0 Å². The molecule has 1 aromatic rings. The summed E-state index contributed by atoms with van der Waals surface area (Å²) in [5.74, 6) is -2.67. The Kier molecular flexibility index (Phi) is 4.92. The molecule has 0 atom stereocenters. The van der Waals surface area contributed by atoms with Crippen LogP contribution in [0.1, 0.15) is 12.0 Å². The van der Waals surface area contributed by atoms with Crippen LogP contribution < -0.4 is 0 Å². The average Bonchev–Trinajstić information content (AvgIpc) is 2.66. The summed E-state index contributed by atoms with van der Waals surface area (Å²) in [6.45, 7) is 1.21. The number of hydrogen-bond donors (Lipinski definition) is 1. The van der Waals surface area contributed by atoms with Crippen LogP contribution in [-0.2, 0) is 16.6 Å². The van der Waals surface area contributed by atoms with Gasteiger partial charge in [0.1, 0.15) is 4.90 Å². The molecule has 0 aliphatic carbocycles. The third kappa shape index (κ3) is 3.39. The van der Waals surface area contributed by atoms with Crippen LogP contribution in [0.4, 0.5) is 8.78 Å². The van der Waals surface area contributed by atoms with Gasteiger partial charge in [0, 0.05) is 19.6 Å². The third-order valence-electron chi connectivity index (χ3n) is 3.53. The van der Waals surface area contributed by atoms with Crippen LogP contribution >= 0.6 is 0 Å². The lowest BCUT2D eigenvalue weighted by Gasteiger charge is -2.21. The SMILES string of the molecule is CN1CCCN(S(=O)(=O)c2cc(CO)cc(F)c2F)CC1. The zero-order valence-corrected chi connectivity index (χ0v) is 12.5. The second-order valence-corrected chi connectivity index (χ2v) is 7.02. The molecule has 2 rings (SSSR count). The maximum absolute atomic E-state index is 13.9. The Morgan fingerprint density at radius 2 is 1.90 bits per heavy atom. The molecule has 5 nitrogen and oxygen atoms in total. The molecule has 1 aliphatic rings. The van der Waals surface area contributed by atoms with Crippen LogP contribution in [0.2, 0.25) is 0 Å². The highest BCUT2D eigenvalue weighted by molar-refractivity contribution is 7.89. The quantitative estimate of drug-likeness (QED) is 0.894. The topological polar surface area (TPSA) is 60.9 Å². The van der Waals surface area contributed by atoms with Crippen molar-refractivity contribution in [3.63, 3.8) is 0 Å². The number of nitrogens with zero attached hydrogens (tertiary/aromatic N) is 2. The van der Waals surface area contributed by atoms with Gasteiger partial charge in [0.05, 0.1) is 6.61 Å². The van der Waals surface area contributed by atoms with Gasteiger partial charge in [-0.25, -0.2) is 17.2 Å². The van der Waals surface area contributed by atoms with Crippen LogP contribution in [0.3, 0.4) is 0 Å². The Bertz CT molecular complexity index is 622. The molecule has 1 fully saturated rings. The number of rotatable bonds is 3. The summed E-state index contributed by atoms with van der Waals surface area (Å²) in [6, 6.07) is 1.78. The van der Waals surface area contributed by atoms with Gasteiger partial charge in [-0.2, -0.15) is 4.31 Å². The molecule has 118 valence electrons. The lowest BCUT2D eigenvalue weighted by atomic mass is 10.2. The first-order chi connectivity index (χ1) is 9.86. The highest BCUT2D eigenvalue weighted by atomic mass is 32.2. The molecule has 0 spiro atoms. The van der Waals surface area contributed by atoms with E-state index in [0.717, 1.165) is 23.0 Å². The van der Waals surface area contributed by atoms with E-state index in [0.29, 0.717) is 13.0 Å². The van der Waals surface area contributed by atoms with Crippen molar-refractivity contribution < 1.29 is 22.3 Å². The van der Waals surface area contributed by atoms with E-state index in [4.69, 9.17) is 5.11 Å². The Morgan fingerprint density at radius 1 is 1.19 bits per heavy atom. The number of aliphatic hydroxyl groups excluding tert-OH is 1. The molecule has 1 aromatic carbocycles. The van der Waals surface area contributed by atoms with Crippen molar-refractivity contribution in [1.82, 2.24) is 9.21 Å². The molecule has 0 radical (unpaired) electrons. The summed E-state index contributed by atoms with van der Waals surface area (Å²) in [5.41, 5.74) is 0.0272. The standard InChI is InChI=1S/C13H18F2N2O3S/c1-16-3-2-4-17(6-5-16)21(19,20)12-8-10(9-18)7-11(14)13(12)15/h7-8,18H,2-6,9H2,1H3. The smallest absolute Gasteiger partial charge is 0.246 e. The highest BCUT2D eigenvalue weighted by Crippen LogP contribution is 2.24. The lowest BCUT2D eigenvalue weighted by molar-refractivity contribution is 0.280. The van der Waals surface area contributed by atoms with Crippen molar-refractivity contribution in [2.75, 3.05) is 33.2 Å². The van der Waals surface area contributed by atoms with Gasteiger partial charge in [0.25, 0.3) is 0 Å². The average molecular weight is 320 g/mol. The van der Waals surface area contributed by atoms with E-state index >= 15 is 0 Å². The first kappa shape index (κ1) is 16.3. The predicted molar refractivity (Wildman–Crippen MR) is 73.2 cm³/mol. The van der Waals surface area contributed by atoms with Crippen LogP contribution in [0.25, 0.3) is 0 Å². The molecule has 1 aliphatic heterocycles. The minimum Gasteiger partial charge on any atom is -0.392 e. The van der Waals surface area contributed by atoms with Gasteiger partial charge >= 0.3 is 0 Å². The van der Waals surface area contributed by atoms with Crippen LogP contribution in [-0.4, -0.2) is 56.0 Å². The fraction of sp³-hybridized carbons (Fsp3) is 0.538. The Hall–Kier alpha value is -1.09. The molecule has 0 saturated carbocycles. The third-order valence-corrected chi connectivity index (χ3v) is 5.43. The van der Waals surface area contributed by atoms with Crippen LogP contribution in [0, 0.1) is 11.6 Å². The second-order valence-electron chi connectivity index (χ2n) is 5.11. The predicted octanol–water partition coefficient (Wildman–Crippen LogP) is 0.783. The summed E-state index contributed by atoms with van der Waals surface area (Å²) in [4.78, 5) is 1.27. The van der Waals surface area contributed by atoms with Gasteiger partial charge in [0.15, 0.2) is 11.6 Å². The molecule has 1 N–H and O–H groups in total. The maximum Gasteiger partial charge on any atom is 0.246 e. The molecule has 21 heavy (non-hydrogen) atoms. The summed E-state index contributed by atoms with van der Waals surface area (Å²) in [5, 5.41) is 9.03. The summed E-state index contributed by atoms with van der Waals surface area (Å²) >= 11 is 0. The van der Waals surface area contributed by atoms with Gasteiger partial charge in [-0.3, -0.25) is 0 Å². The zero-order valence-electron chi connectivity index (χ0n) is 11.7. The minimum atomic E-state index is -4.11. The number of benzene rings is 1. The van der Waals surface area contributed by atoms with Crippen molar-refractivity contribution >= 4 is 10.0 Å². The highest BCUT2D eigenvalue weighted by Gasteiger charge is 2.30. The van der Waals surface area contributed by atoms with E-state index in [1.165, 1.54) is 0 Å². The molecular weight excluding hydrogens is 302 g/mol. The number of hydrogen-bond acceptors (Lipinski definition) is 4. The lowest BCUT2D eigenvalue weighted by Crippen LogP contribution is -2.35. The number of halogens is 2. The number of sulfonamides is 1. The second kappa shape index (κ2) is 6.35. The van der Waals surface area contributed by atoms with E-state index in [-0.39, 0.29) is 18.7 Å². The van der Waals surface area contributed by atoms with E-state index < -0.39 is 33.2 Å². The number of likely N-dealkylation sites (N-methyl/N-ethyl adjacent to an activating group) is 1. The van der Waals surface area contributed by atoms with E-state index in [1.807, 2.05) is 11.9 Å². The van der Waals surface area contributed by atoms with Crippen molar-refractivity contribution in [2.24, 2.45) is 0 Å². The molecule has 0 aromatic heterocycles. The van der Waals surface area contributed by atoms with Crippen LogP contribution in [0.5, 0.6) is 0 Å². The van der Waals surface area contributed by atoms with Gasteiger partial charge in [-0.1, -0.05) is 0 Å². The maximum atomic E-state index is 13.9. The number of aliphatic hydroxyl groups is 1. The van der Waals surface area contributed by atoms with E-state index in [9.17, 15) is 17.2 Å². The zero-order chi connectivity index (χ0) is 15.6. The fourth-order valence-corrected chi connectivity index (χ4v) is 3.89. The minimum absolute atomic E-state index is 0.0272. The van der Waals surface area contributed by atoms with Crippen molar-refractivity contribution in [3.8, 4) is 0 Å². The van der Waals surface area contributed by atoms with Crippen molar-refractivity contribution in [3.05, 3.63) is 29.3 Å². The van der Waals surface area contributed by atoms with Crippen molar-refractivity contribution in [1.29, 1.82) is 0 Å². The van der Waals surface area contributed by atoms with Gasteiger partial charge in [-0.15, -0.1) is 0 Å². The molecule has 0 unspecified atom stereocenters.